The first-order valence-corrected chi connectivity index (χ1v) is 7.88. The SMILES string of the molecule is CNCC1CCCN1CC(=O)NC1CCCCC1C.Cl. The maximum Gasteiger partial charge on any atom is 0.234 e. The molecular formula is C15H30ClN3O. The largest absolute Gasteiger partial charge is 0.352 e. The lowest BCUT2D eigenvalue weighted by molar-refractivity contribution is -0.123. The van der Waals surface area contributed by atoms with Gasteiger partial charge in [0.25, 0.3) is 0 Å². The molecule has 5 heteroatoms. The van der Waals surface area contributed by atoms with Crippen molar-refractivity contribution in [1.29, 1.82) is 0 Å². The molecule has 1 amide bonds. The van der Waals surface area contributed by atoms with Gasteiger partial charge in [-0.05, 0) is 45.2 Å². The average Bonchev–Trinajstić information content (AvgIpc) is 2.80. The molecule has 2 fully saturated rings. The summed E-state index contributed by atoms with van der Waals surface area (Å²) < 4.78 is 0. The van der Waals surface area contributed by atoms with Gasteiger partial charge in [0.1, 0.15) is 0 Å². The molecule has 0 aromatic rings. The van der Waals surface area contributed by atoms with Gasteiger partial charge < -0.3 is 10.6 Å². The highest BCUT2D eigenvalue weighted by Crippen LogP contribution is 2.23. The molecular weight excluding hydrogens is 274 g/mol. The predicted molar refractivity (Wildman–Crippen MR) is 85.3 cm³/mol. The average molecular weight is 304 g/mol. The van der Waals surface area contributed by atoms with Crippen LogP contribution in [0.5, 0.6) is 0 Å². The van der Waals surface area contributed by atoms with Crippen LogP contribution in [0.4, 0.5) is 0 Å². The van der Waals surface area contributed by atoms with Crippen molar-refractivity contribution in [3.63, 3.8) is 0 Å². The molecule has 118 valence electrons. The zero-order valence-electron chi connectivity index (χ0n) is 12.9. The first-order valence-electron chi connectivity index (χ1n) is 7.88. The fourth-order valence-electron chi connectivity index (χ4n) is 3.54. The number of nitrogens with one attached hydrogen (secondary N) is 2. The lowest BCUT2D eigenvalue weighted by Crippen LogP contribution is -2.47. The van der Waals surface area contributed by atoms with Crippen molar-refractivity contribution < 1.29 is 4.79 Å². The van der Waals surface area contributed by atoms with Gasteiger partial charge in [0.2, 0.25) is 5.91 Å². The Hall–Kier alpha value is -0.320. The Labute approximate surface area is 129 Å². The Morgan fingerprint density at radius 3 is 2.65 bits per heavy atom. The van der Waals surface area contributed by atoms with E-state index in [-0.39, 0.29) is 18.3 Å². The van der Waals surface area contributed by atoms with Gasteiger partial charge in [0.15, 0.2) is 0 Å². The second-order valence-electron chi connectivity index (χ2n) is 6.26. The molecule has 1 heterocycles. The normalized spacial score (nSPS) is 30.8. The summed E-state index contributed by atoms with van der Waals surface area (Å²) in [5.74, 6) is 0.867. The summed E-state index contributed by atoms with van der Waals surface area (Å²) in [7, 11) is 1.99. The Morgan fingerprint density at radius 2 is 1.95 bits per heavy atom. The molecule has 0 spiro atoms. The molecule has 1 saturated carbocycles. The smallest absolute Gasteiger partial charge is 0.234 e. The molecule has 1 saturated heterocycles. The Kier molecular flexibility index (Phi) is 7.85. The summed E-state index contributed by atoms with van der Waals surface area (Å²) in [5.41, 5.74) is 0. The predicted octanol–water partition coefficient (Wildman–Crippen LogP) is 1.79. The van der Waals surface area contributed by atoms with Crippen LogP contribution in [0.25, 0.3) is 0 Å². The van der Waals surface area contributed by atoms with Gasteiger partial charge in [-0.3, -0.25) is 9.69 Å². The van der Waals surface area contributed by atoms with Crippen molar-refractivity contribution in [3.05, 3.63) is 0 Å². The lowest BCUT2D eigenvalue weighted by Gasteiger charge is -2.31. The summed E-state index contributed by atoms with van der Waals surface area (Å²) >= 11 is 0. The van der Waals surface area contributed by atoms with E-state index in [4.69, 9.17) is 0 Å². The molecule has 0 aromatic heterocycles. The van der Waals surface area contributed by atoms with E-state index in [1.54, 1.807) is 0 Å². The topological polar surface area (TPSA) is 44.4 Å². The summed E-state index contributed by atoms with van der Waals surface area (Å²) in [6.45, 7) is 4.91. The van der Waals surface area contributed by atoms with Crippen molar-refractivity contribution in [2.75, 3.05) is 26.7 Å². The van der Waals surface area contributed by atoms with E-state index < -0.39 is 0 Å². The third kappa shape index (κ3) is 4.90. The first kappa shape index (κ1) is 17.7. The first-order chi connectivity index (χ1) is 9.20. The highest BCUT2D eigenvalue weighted by atomic mass is 35.5. The van der Waals surface area contributed by atoms with Gasteiger partial charge in [0.05, 0.1) is 6.54 Å². The fraction of sp³-hybridized carbons (Fsp3) is 0.933. The lowest BCUT2D eigenvalue weighted by atomic mass is 9.86. The van der Waals surface area contributed by atoms with Gasteiger partial charge >= 0.3 is 0 Å². The van der Waals surface area contributed by atoms with E-state index in [1.165, 1.54) is 32.1 Å². The van der Waals surface area contributed by atoms with Gasteiger partial charge in [0, 0.05) is 18.6 Å². The molecule has 2 aliphatic rings. The van der Waals surface area contributed by atoms with Gasteiger partial charge in [-0.25, -0.2) is 0 Å². The zero-order chi connectivity index (χ0) is 13.7. The van der Waals surface area contributed by atoms with Gasteiger partial charge in [-0.15, -0.1) is 12.4 Å². The highest BCUT2D eigenvalue weighted by molar-refractivity contribution is 5.85. The summed E-state index contributed by atoms with van der Waals surface area (Å²) in [6.07, 6.45) is 7.45. The molecule has 2 rings (SSSR count). The Balaban J connectivity index is 0.00000200. The summed E-state index contributed by atoms with van der Waals surface area (Å²) in [4.78, 5) is 14.5. The molecule has 0 aromatic carbocycles. The van der Waals surface area contributed by atoms with Crippen LogP contribution in [0, 0.1) is 5.92 Å². The fourth-order valence-corrected chi connectivity index (χ4v) is 3.54. The van der Waals surface area contributed by atoms with Crippen molar-refractivity contribution in [2.24, 2.45) is 5.92 Å². The molecule has 3 atom stereocenters. The number of halogens is 1. The van der Waals surface area contributed by atoms with E-state index in [1.807, 2.05) is 7.05 Å². The quantitative estimate of drug-likeness (QED) is 0.814. The molecule has 0 bridgehead atoms. The third-order valence-corrected chi connectivity index (χ3v) is 4.74. The van der Waals surface area contributed by atoms with Crippen LogP contribution in [-0.4, -0.2) is 49.6 Å². The number of nitrogens with zero attached hydrogens (tertiary/aromatic N) is 1. The number of likely N-dealkylation sites (N-methyl/N-ethyl adjacent to an activating group) is 1. The minimum atomic E-state index is 0. The molecule has 0 radical (unpaired) electrons. The standard InChI is InChI=1S/C15H29N3O.ClH/c1-12-6-3-4-8-14(12)17-15(19)11-18-9-5-7-13(18)10-16-2;/h12-14,16H,3-11H2,1-2H3,(H,17,19);1H. The molecule has 3 unspecified atom stereocenters. The van der Waals surface area contributed by atoms with Crippen molar-refractivity contribution in [1.82, 2.24) is 15.5 Å². The maximum atomic E-state index is 12.2. The van der Waals surface area contributed by atoms with Crippen LogP contribution in [0.15, 0.2) is 0 Å². The molecule has 2 N–H and O–H groups in total. The van der Waals surface area contributed by atoms with Crippen LogP contribution in [0.3, 0.4) is 0 Å². The number of carbonyl (C=O) groups is 1. The summed E-state index contributed by atoms with van der Waals surface area (Å²) in [6, 6.07) is 0.950. The minimum Gasteiger partial charge on any atom is -0.352 e. The number of hydrogen-bond acceptors (Lipinski definition) is 3. The van der Waals surface area contributed by atoms with E-state index in [0.29, 0.717) is 24.5 Å². The van der Waals surface area contributed by atoms with Crippen LogP contribution < -0.4 is 10.6 Å². The number of hydrogen-bond donors (Lipinski definition) is 2. The highest BCUT2D eigenvalue weighted by Gasteiger charge is 2.27. The molecule has 20 heavy (non-hydrogen) atoms. The number of amides is 1. The second kappa shape index (κ2) is 8.85. The van der Waals surface area contributed by atoms with Gasteiger partial charge in [-0.1, -0.05) is 19.8 Å². The summed E-state index contributed by atoms with van der Waals surface area (Å²) in [5, 5.41) is 6.49. The molecule has 1 aliphatic heterocycles. The Bertz CT molecular complexity index is 301. The van der Waals surface area contributed by atoms with Crippen LogP contribution >= 0.6 is 12.4 Å². The number of carbonyl (C=O) groups excluding carboxylic acids is 1. The van der Waals surface area contributed by atoms with E-state index >= 15 is 0 Å². The minimum absolute atomic E-state index is 0. The third-order valence-electron chi connectivity index (χ3n) is 4.74. The molecule has 1 aliphatic carbocycles. The van der Waals surface area contributed by atoms with E-state index in [0.717, 1.165) is 19.5 Å². The maximum absolute atomic E-state index is 12.2. The molecule has 4 nitrogen and oxygen atoms in total. The van der Waals surface area contributed by atoms with Crippen LogP contribution in [-0.2, 0) is 4.79 Å². The zero-order valence-corrected chi connectivity index (χ0v) is 13.7. The Morgan fingerprint density at radius 1 is 1.20 bits per heavy atom. The number of likely N-dealkylation sites (tertiary alicyclic amines) is 1. The monoisotopic (exact) mass is 303 g/mol. The van der Waals surface area contributed by atoms with E-state index in [9.17, 15) is 4.79 Å². The van der Waals surface area contributed by atoms with Gasteiger partial charge in [-0.2, -0.15) is 0 Å². The van der Waals surface area contributed by atoms with Crippen LogP contribution in [0.2, 0.25) is 0 Å². The van der Waals surface area contributed by atoms with Crippen molar-refractivity contribution in [2.45, 2.75) is 57.5 Å². The van der Waals surface area contributed by atoms with E-state index in [2.05, 4.69) is 22.5 Å². The van der Waals surface area contributed by atoms with Crippen LogP contribution in [0.1, 0.15) is 45.4 Å². The van der Waals surface area contributed by atoms with Crippen molar-refractivity contribution >= 4 is 18.3 Å². The second-order valence-corrected chi connectivity index (χ2v) is 6.26. The number of rotatable bonds is 5. The van der Waals surface area contributed by atoms with Crippen molar-refractivity contribution in [3.8, 4) is 0 Å².